The van der Waals surface area contributed by atoms with Crippen LogP contribution >= 0.6 is 0 Å². The number of imide groups is 2. The van der Waals surface area contributed by atoms with Crippen LogP contribution in [0.1, 0.15) is 46.4 Å². The molecular weight excluding hydrogens is 426 g/mol. The molecule has 3 heterocycles. The largest absolute Gasteiger partial charge is 0.371 e. The minimum atomic E-state index is -3.46. The van der Waals surface area contributed by atoms with Crippen molar-refractivity contribution in [1.82, 2.24) is 10.2 Å². The van der Waals surface area contributed by atoms with Crippen LogP contribution in [0.2, 0.25) is 0 Å². The maximum Gasteiger partial charge on any atom is 0.264 e. The van der Waals surface area contributed by atoms with E-state index in [9.17, 15) is 27.6 Å². The fourth-order valence-electron chi connectivity index (χ4n) is 4.23. The van der Waals surface area contributed by atoms with Crippen molar-refractivity contribution in [3.8, 4) is 0 Å². The number of carbonyl (C=O) groups is 4. The van der Waals surface area contributed by atoms with Crippen LogP contribution in [-0.4, -0.2) is 68.9 Å². The van der Waals surface area contributed by atoms with E-state index < -0.39 is 39.8 Å². The van der Waals surface area contributed by atoms with Crippen molar-refractivity contribution in [2.24, 2.45) is 5.92 Å². The molecule has 0 aliphatic carbocycles. The van der Waals surface area contributed by atoms with Crippen molar-refractivity contribution in [2.45, 2.75) is 31.7 Å². The third-order valence-corrected chi connectivity index (χ3v) is 6.49. The van der Waals surface area contributed by atoms with Gasteiger partial charge in [0.2, 0.25) is 11.8 Å². The maximum absolute atomic E-state index is 12.9. The van der Waals surface area contributed by atoms with Crippen molar-refractivity contribution in [3.05, 3.63) is 29.3 Å². The fraction of sp³-hybridized carbons (Fsp3) is 0.500. The zero-order valence-corrected chi connectivity index (χ0v) is 17.8. The smallest absolute Gasteiger partial charge is 0.264 e. The number of anilines is 1. The number of carbonyl (C=O) groups excluding carboxylic acids is 4. The lowest BCUT2D eigenvalue weighted by atomic mass is 9.97. The lowest BCUT2D eigenvalue weighted by Gasteiger charge is -2.33. The lowest BCUT2D eigenvalue weighted by Crippen LogP contribution is -2.54. The molecule has 0 spiro atoms. The monoisotopic (exact) mass is 449 g/mol. The number of hydrogen-bond donors (Lipinski definition) is 1. The topological polar surface area (TPSA) is 130 Å². The Labute approximate surface area is 179 Å². The van der Waals surface area contributed by atoms with E-state index in [0.717, 1.165) is 29.7 Å². The van der Waals surface area contributed by atoms with Gasteiger partial charge in [-0.25, -0.2) is 0 Å². The Morgan fingerprint density at radius 2 is 1.71 bits per heavy atom. The molecule has 0 bridgehead atoms. The molecule has 1 atom stereocenters. The van der Waals surface area contributed by atoms with Gasteiger partial charge in [-0.3, -0.25) is 33.6 Å². The second-order valence-electron chi connectivity index (χ2n) is 8.10. The van der Waals surface area contributed by atoms with Crippen LogP contribution < -0.4 is 10.2 Å². The highest BCUT2D eigenvalue weighted by atomic mass is 32.2. The molecular formula is C20H23N3O7S. The van der Waals surface area contributed by atoms with Crippen molar-refractivity contribution in [2.75, 3.05) is 30.9 Å². The van der Waals surface area contributed by atoms with E-state index >= 15 is 0 Å². The first kappa shape index (κ1) is 21.4. The van der Waals surface area contributed by atoms with Crippen molar-refractivity contribution in [1.29, 1.82) is 0 Å². The maximum atomic E-state index is 12.9. The molecule has 3 aliphatic heterocycles. The van der Waals surface area contributed by atoms with Crippen molar-refractivity contribution in [3.63, 3.8) is 0 Å². The summed E-state index contributed by atoms with van der Waals surface area (Å²) >= 11 is 0. The van der Waals surface area contributed by atoms with Gasteiger partial charge < -0.3 is 4.90 Å². The summed E-state index contributed by atoms with van der Waals surface area (Å²) in [6.45, 7) is 1.48. The average Bonchev–Trinajstić information content (AvgIpc) is 2.96. The molecule has 0 aromatic heterocycles. The number of nitrogens with zero attached hydrogens (tertiary/aromatic N) is 2. The molecule has 10 nitrogen and oxygen atoms in total. The molecule has 31 heavy (non-hydrogen) atoms. The summed E-state index contributed by atoms with van der Waals surface area (Å²) in [5, 5.41) is 2.18. The van der Waals surface area contributed by atoms with Gasteiger partial charge in [0.25, 0.3) is 21.9 Å². The Morgan fingerprint density at radius 1 is 1.03 bits per heavy atom. The van der Waals surface area contributed by atoms with E-state index in [1.165, 1.54) is 0 Å². The van der Waals surface area contributed by atoms with E-state index in [2.05, 4.69) is 10.2 Å². The highest BCUT2D eigenvalue weighted by molar-refractivity contribution is 7.85. The summed E-state index contributed by atoms with van der Waals surface area (Å²) in [5.41, 5.74) is 1.28. The number of nitrogens with one attached hydrogen (secondary N) is 1. The summed E-state index contributed by atoms with van der Waals surface area (Å²) in [4.78, 5) is 52.3. The van der Waals surface area contributed by atoms with Crippen LogP contribution in [0.25, 0.3) is 0 Å². The zero-order valence-electron chi connectivity index (χ0n) is 17.0. The average molecular weight is 449 g/mol. The number of rotatable bonds is 5. The van der Waals surface area contributed by atoms with E-state index in [-0.39, 0.29) is 36.5 Å². The predicted molar refractivity (Wildman–Crippen MR) is 109 cm³/mol. The third kappa shape index (κ3) is 4.33. The van der Waals surface area contributed by atoms with Crippen LogP contribution in [-0.2, 0) is 23.9 Å². The molecule has 166 valence electrons. The number of hydrogen-bond acceptors (Lipinski definition) is 8. The van der Waals surface area contributed by atoms with Gasteiger partial charge in [0, 0.05) is 25.2 Å². The zero-order chi connectivity index (χ0) is 22.3. The molecule has 11 heteroatoms. The molecule has 1 aromatic rings. The van der Waals surface area contributed by atoms with Crippen molar-refractivity contribution < 1.29 is 31.8 Å². The van der Waals surface area contributed by atoms with Gasteiger partial charge in [-0.2, -0.15) is 8.42 Å². The summed E-state index contributed by atoms with van der Waals surface area (Å²) < 4.78 is 27.2. The molecule has 1 aromatic carbocycles. The van der Waals surface area contributed by atoms with Crippen molar-refractivity contribution >= 4 is 39.4 Å². The quantitative estimate of drug-likeness (QED) is 0.501. The number of piperidine rings is 2. The number of benzene rings is 1. The Bertz CT molecular complexity index is 1060. The molecule has 0 radical (unpaired) electrons. The molecule has 1 unspecified atom stereocenters. The van der Waals surface area contributed by atoms with Gasteiger partial charge in [0.05, 0.1) is 24.0 Å². The minimum Gasteiger partial charge on any atom is -0.371 e. The van der Waals surface area contributed by atoms with E-state index in [1.807, 2.05) is 0 Å². The van der Waals surface area contributed by atoms with Crippen LogP contribution in [0.5, 0.6) is 0 Å². The standard InChI is InChI=1S/C20H23N3O7S/c1-31(28,29)30-11-12-6-8-22(9-7-12)13-2-3-14-15(10-13)20(27)23(19(14)26)16-4-5-17(24)21-18(16)25/h2-3,10,12,16H,4-9,11H2,1H3,(H,21,24,25). The fourth-order valence-corrected chi connectivity index (χ4v) is 4.67. The summed E-state index contributed by atoms with van der Waals surface area (Å²) in [6, 6.07) is 4.04. The molecule has 2 fully saturated rings. The second-order valence-corrected chi connectivity index (χ2v) is 9.74. The van der Waals surface area contributed by atoms with Gasteiger partial charge in [-0.15, -0.1) is 0 Å². The van der Waals surface area contributed by atoms with Crippen LogP contribution in [0.3, 0.4) is 0 Å². The first-order valence-electron chi connectivity index (χ1n) is 10.1. The van der Waals surface area contributed by atoms with Gasteiger partial charge in [0.15, 0.2) is 0 Å². The molecule has 0 saturated carbocycles. The second kappa shape index (κ2) is 8.04. The Kier molecular flexibility index (Phi) is 5.56. The van der Waals surface area contributed by atoms with Gasteiger partial charge in [-0.1, -0.05) is 0 Å². The highest BCUT2D eigenvalue weighted by Gasteiger charge is 2.44. The SMILES string of the molecule is CS(=O)(=O)OCC1CCN(c2ccc3c(c2)C(=O)N(C2CCC(=O)NC2=O)C3=O)CC1. The van der Waals surface area contributed by atoms with E-state index in [4.69, 9.17) is 4.18 Å². The molecule has 4 amide bonds. The van der Waals surface area contributed by atoms with E-state index in [1.54, 1.807) is 18.2 Å². The molecule has 2 saturated heterocycles. The number of fused-ring (bicyclic) bond motifs is 1. The Morgan fingerprint density at radius 3 is 2.35 bits per heavy atom. The van der Waals surface area contributed by atoms with Gasteiger partial charge in [0.1, 0.15) is 6.04 Å². The van der Waals surface area contributed by atoms with Gasteiger partial charge >= 0.3 is 0 Å². The van der Waals surface area contributed by atoms with Gasteiger partial charge in [-0.05, 0) is 43.4 Å². The highest BCUT2D eigenvalue weighted by Crippen LogP contribution is 2.32. The third-order valence-electron chi connectivity index (χ3n) is 5.92. The summed E-state index contributed by atoms with van der Waals surface area (Å²) in [5.74, 6) is -1.98. The predicted octanol–water partition coefficient (Wildman–Crippen LogP) is 0.280. The minimum absolute atomic E-state index is 0.0764. The summed E-state index contributed by atoms with van der Waals surface area (Å²) in [7, 11) is -3.46. The molecule has 1 N–H and O–H groups in total. The first-order chi connectivity index (χ1) is 14.6. The van der Waals surface area contributed by atoms with E-state index in [0.29, 0.717) is 13.1 Å². The van der Waals surface area contributed by atoms with Crippen LogP contribution in [0, 0.1) is 5.92 Å². The number of amides is 4. The van der Waals surface area contributed by atoms with Crippen LogP contribution in [0.4, 0.5) is 5.69 Å². The normalized spacial score (nSPS) is 22.7. The molecule has 4 rings (SSSR count). The summed E-state index contributed by atoms with van der Waals surface area (Å²) in [6.07, 6.45) is 2.70. The Hall–Kier alpha value is -2.79. The Balaban J connectivity index is 1.46. The molecule has 3 aliphatic rings. The van der Waals surface area contributed by atoms with Crippen LogP contribution in [0.15, 0.2) is 18.2 Å². The lowest BCUT2D eigenvalue weighted by molar-refractivity contribution is -0.136. The first-order valence-corrected chi connectivity index (χ1v) is 11.9.